The van der Waals surface area contributed by atoms with Crippen molar-refractivity contribution in [2.75, 3.05) is 6.79 Å². The van der Waals surface area contributed by atoms with Gasteiger partial charge in [-0.25, -0.2) is 0 Å². The van der Waals surface area contributed by atoms with Crippen molar-refractivity contribution in [2.45, 2.75) is 38.7 Å². The molecule has 1 unspecified atom stereocenters. The predicted octanol–water partition coefficient (Wildman–Crippen LogP) is 4.34. The number of hydrogen-bond donors (Lipinski definition) is 0. The highest BCUT2D eigenvalue weighted by atomic mass is 16.7. The molecule has 5 rings (SSSR count). The van der Waals surface area contributed by atoms with Gasteiger partial charge in [0.05, 0.1) is 0 Å². The number of carbonyl (C=O) groups is 2. The minimum absolute atomic E-state index is 0.0565. The number of Topliss-reactive ketones (excluding diaryl/α,β-unsaturated/α-hetero) is 1. The van der Waals surface area contributed by atoms with Crippen LogP contribution in [0.15, 0.2) is 64.8 Å². The Morgan fingerprint density at radius 1 is 1.10 bits per heavy atom. The van der Waals surface area contributed by atoms with E-state index < -0.39 is 11.8 Å². The van der Waals surface area contributed by atoms with Gasteiger partial charge in [-0.15, -0.1) is 0 Å². The zero-order valence-corrected chi connectivity index (χ0v) is 17.3. The summed E-state index contributed by atoms with van der Waals surface area (Å²) >= 11 is 0. The van der Waals surface area contributed by atoms with Gasteiger partial charge in [-0.2, -0.15) is 0 Å². The second-order valence-corrected chi connectivity index (χ2v) is 8.05. The van der Waals surface area contributed by atoms with Crippen LogP contribution in [0.5, 0.6) is 11.5 Å². The van der Waals surface area contributed by atoms with Gasteiger partial charge in [0, 0.05) is 29.3 Å². The smallest absolute Gasteiger partial charge is 0.315 e. The normalized spacial score (nSPS) is 22.1. The van der Waals surface area contributed by atoms with Crippen LogP contribution in [-0.2, 0) is 20.9 Å². The Bertz CT molecular complexity index is 1100. The molecule has 2 heterocycles. The molecule has 2 atom stereocenters. The molecule has 0 aromatic heterocycles. The van der Waals surface area contributed by atoms with Crippen molar-refractivity contribution in [2.24, 2.45) is 10.9 Å². The van der Waals surface area contributed by atoms with Gasteiger partial charge in [0.1, 0.15) is 12.5 Å². The second-order valence-electron chi connectivity index (χ2n) is 8.05. The lowest BCUT2D eigenvalue weighted by Crippen LogP contribution is -2.37. The van der Waals surface area contributed by atoms with Crippen LogP contribution in [0.2, 0.25) is 0 Å². The van der Waals surface area contributed by atoms with Crippen molar-refractivity contribution in [1.82, 2.24) is 0 Å². The SMILES string of the molecule is CC1=NC2=C(C(=O)CCC2)[C@@H](c2ccc3c(c2)OCO3)C1C(=O)OCc1ccccc1. The molecule has 0 amide bonds. The molecule has 2 aliphatic heterocycles. The lowest BCUT2D eigenvalue weighted by Gasteiger charge is -2.34. The van der Waals surface area contributed by atoms with Gasteiger partial charge in [-0.05, 0) is 43.0 Å². The Kier molecular flexibility index (Phi) is 5.06. The van der Waals surface area contributed by atoms with E-state index in [2.05, 4.69) is 4.99 Å². The van der Waals surface area contributed by atoms with Gasteiger partial charge < -0.3 is 14.2 Å². The van der Waals surface area contributed by atoms with Crippen molar-refractivity contribution in [3.8, 4) is 11.5 Å². The first-order valence-electron chi connectivity index (χ1n) is 10.5. The number of aliphatic imine (C=N–C) groups is 1. The molecule has 0 saturated heterocycles. The Morgan fingerprint density at radius 3 is 2.74 bits per heavy atom. The number of rotatable bonds is 4. The highest BCUT2D eigenvalue weighted by Crippen LogP contribution is 2.46. The van der Waals surface area contributed by atoms with Gasteiger partial charge in [-0.1, -0.05) is 36.4 Å². The molecule has 1 aliphatic carbocycles. The Balaban J connectivity index is 1.52. The molecule has 2 aromatic carbocycles. The van der Waals surface area contributed by atoms with E-state index in [1.165, 1.54) is 0 Å². The number of fused-ring (bicyclic) bond motifs is 1. The van der Waals surface area contributed by atoms with Crippen LogP contribution in [0.25, 0.3) is 0 Å². The zero-order valence-electron chi connectivity index (χ0n) is 17.3. The lowest BCUT2D eigenvalue weighted by atomic mass is 9.71. The van der Waals surface area contributed by atoms with Crippen molar-refractivity contribution in [1.29, 1.82) is 0 Å². The molecule has 0 radical (unpaired) electrons. The minimum atomic E-state index is -0.662. The summed E-state index contributed by atoms with van der Waals surface area (Å²) in [6.07, 6.45) is 2.00. The molecule has 0 fully saturated rings. The fourth-order valence-corrected chi connectivity index (χ4v) is 4.60. The van der Waals surface area contributed by atoms with Crippen molar-refractivity contribution in [3.63, 3.8) is 0 Å². The van der Waals surface area contributed by atoms with E-state index in [9.17, 15) is 9.59 Å². The summed E-state index contributed by atoms with van der Waals surface area (Å²) in [7, 11) is 0. The van der Waals surface area contributed by atoms with E-state index in [1.807, 2.05) is 55.5 Å². The summed E-state index contributed by atoms with van der Waals surface area (Å²) < 4.78 is 16.7. The van der Waals surface area contributed by atoms with Gasteiger partial charge >= 0.3 is 5.97 Å². The zero-order chi connectivity index (χ0) is 21.4. The first kappa shape index (κ1) is 19.5. The minimum Gasteiger partial charge on any atom is -0.460 e. The van der Waals surface area contributed by atoms with Crippen LogP contribution >= 0.6 is 0 Å². The average Bonchev–Trinajstić information content (AvgIpc) is 3.25. The number of nitrogens with zero attached hydrogens (tertiary/aromatic N) is 1. The average molecular weight is 417 g/mol. The van der Waals surface area contributed by atoms with Gasteiger partial charge in [0.2, 0.25) is 6.79 Å². The maximum absolute atomic E-state index is 13.3. The van der Waals surface area contributed by atoms with Crippen molar-refractivity contribution in [3.05, 3.63) is 70.9 Å². The van der Waals surface area contributed by atoms with Crippen LogP contribution in [-0.4, -0.2) is 24.3 Å². The maximum Gasteiger partial charge on any atom is 0.315 e. The third kappa shape index (κ3) is 3.63. The summed E-state index contributed by atoms with van der Waals surface area (Å²) in [5.74, 6) is -0.140. The van der Waals surface area contributed by atoms with E-state index in [0.29, 0.717) is 29.2 Å². The molecular formula is C25H23NO5. The molecule has 6 nitrogen and oxygen atoms in total. The van der Waals surface area contributed by atoms with Crippen LogP contribution in [0.3, 0.4) is 0 Å². The summed E-state index contributed by atoms with van der Waals surface area (Å²) in [5.41, 5.74) is 3.85. The lowest BCUT2D eigenvalue weighted by molar-refractivity contribution is -0.148. The third-order valence-corrected chi connectivity index (χ3v) is 6.07. The number of hydrogen-bond acceptors (Lipinski definition) is 6. The number of ketones is 1. The Morgan fingerprint density at radius 2 is 1.90 bits per heavy atom. The van der Waals surface area contributed by atoms with E-state index >= 15 is 0 Å². The molecule has 31 heavy (non-hydrogen) atoms. The standard InChI is InChI=1S/C25H23NO5/c1-15-22(25(28)29-13-16-6-3-2-4-7-16)23(24-18(26-15)8-5-9-19(24)27)17-10-11-20-21(12-17)31-14-30-20/h2-4,6-7,10-12,22-23H,5,8-9,13-14H2,1H3/t22?,23-/m0/s1. The molecule has 0 bridgehead atoms. The topological polar surface area (TPSA) is 74.2 Å². The number of benzene rings is 2. The van der Waals surface area contributed by atoms with Gasteiger partial charge in [-0.3, -0.25) is 14.6 Å². The predicted molar refractivity (Wildman–Crippen MR) is 114 cm³/mol. The molecule has 0 N–H and O–H groups in total. The first-order chi connectivity index (χ1) is 15.1. The van der Waals surface area contributed by atoms with E-state index in [0.717, 1.165) is 29.7 Å². The fourth-order valence-electron chi connectivity index (χ4n) is 4.60. The molecule has 158 valence electrons. The van der Waals surface area contributed by atoms with Crippen LogP contribution in [0.4, 0.5) is 0 Å². The Hall–Kier alpha value is -3.41. The number of carbonyl (C=O) groups excluding carboxylic acids is 2. The Labute approximate surface area is 180 Å². The monoisotopic (exact) mass is 417 g/mol. The van der Waals surface area contributed by atoms with Gasteiger partial charge in [0.15, 0.2) is 17.3 Å². The number of allylic oxidation sites excluding steroid dienone is 2. The summed E-state index contributed by atoms with van der Waals surface area (Å²) in [5, 5.41) is 0. The molecule has 6 heteroatoms. The van der Waals surface area contributed by atoms with E-state index in [1.54, 1.807) is 0 Å². The second kappa shape index (κ2) is 8.02. The molecule has 0 spiro atoms. The number of ether oxygens (including phenoxy) is 3. The van der Waals surface area contributed by atoms with Crippen LogP contribution < -0.4 is 9.47 Å². The van der Waals surface area contributed by atoms with Crippen molar-refractivity contribution >= 4 is 17.5 Å². The summed E-state index contributed by atoms with van der Waals surface area (Å²) in [4.78, 5) is 30.9. The molecule has 3 aliphatic rings. The quantitative estimate of drug-likeness (QED) is 0.692. The van der Waals surface area contributed by atoms with Crippen LogP contribution in [0.1, 0.15) is 43.2 Å². The van der Waals surface area contributed by atoms with Gasteiger partial charge in [0.25, 0.3) is 0 Å². The van der Waals surface area contributed by atoms with E-state index in [-0.39, 0.29) is 25.2 Å². The third-order valence-electron chi connectivity index (χ3n) is 6.07. The van der Waals surface area contributed by atoms with Crippen molar-refractivity contribution < 1.29 is 23.8 Å². The molecular weight excluding hydrogens is 394 g/mol. The highest BCUT2D eigenvalue weighted by Gasteiger charge is 2.43. The summed E-state index contributed by atoms with van der Waals surface area (Å²) in [6.45, 7) is 2.19. The van der Waals surface area contributed by atoms with E-state index in [4.69, 9.17) is 14.2 Å². The molecule has 0 saturated carbocycles. The maximum atomic E-state index is 13.3. The number of esters is 1. The first-order valence-corrected chi connectivity index (χ1v) is 10.5. The molecule has 2 aromatic rings. The highest BCUT2D eigenvalue weighted by molar-refractivity contribution is 6.08. The largest absolute Gasteiger partial charge is 0.460 e. The summed E-state index contributed by atoms with van der Waals surface area (Å²) in [6, 6.07) is 15.2. The fraction of sp³-hybridized carbons (Fsp3) is 0.320. The van der Waals surface area contributed by atoms with Crippen LogP contribution in [0, 0.1) is 5.92 Å².